The zero-order chi connectivity index (χ0) is 13.1. The molecular formula is C13H12BrN3O. The summed E-state index contributed by atoms with van der Waals surface area (Å²) in [5.74, 6) is -0.271. The van der Waals surface area contributed by atoms with E-state index < -0.39 is 0 Å². The summed E-state index contributed by atoms with van der Waals surface area (Å²) in [5.41, 5.74) is 8.28. The molecule has 0 atom stereocenters. The molecule has 0 bridgehead atoms. The number of nitrogens with one attached hydrogen (secondary N) is 1. The highest BCUT2D eigenvalue weighted by Gasteiger charge is 2.11. The van der Waals surface area contributed by atoms with Crippen LogP contribution in [0, 0.1) is 6.92 Å². The van der Waals surface area contributed by atoms with Gasteiger partial charge in [0.1, 0.15) is 0 Å². The first-order valence-corrected chi connectivity index (χ1v) is 6.14. The molecule has 0 unspecified atom stereocenters. The van der Waals surface area contributed by atoms with E-state index in [1.165, 1.54) is 6.20 Å². The Bertz CT molecular complexity index is 599. The molecule has 3 N–H and O–H groups in total. The normalized spacial score (nSPS) is 10.1. The molecule has 4 nitrogen and oxygen atoms in total. The van der Waals surface area contributed by atoms with Crippen molar-refractivity contribution < 1.29 is 4.79 Å². The Balaban J connectivity index is 2.27. The second-order valence-corrected chi connectivity index (χ2v) is 4.75. The monoisotopic (exact) mass is 305 g/mol. The van der Waals surface area contributed by atoms with E-state index in [4.69, 9.17) is 5.73 Å². The lowest BCUT2D eigenvalue weighted by molar-refractivity contribution is 0.102. The maximum absolute atomic E-state index is 12.0. The Morgan fingerprint density at radius 2 is 2.17 bits per heavy atom. The first-order chi connectivity index (χ1) is 8.58. The van der Waals surface area contributed by atoms with Gasteiger partial charge in [0.15, 0.2) is 0 Å². The number of pyridine rings is 1. The number of halogens is 1. The molecule has 2 aromatic rings. The maximum atomic E-state index is 12.0. The second-order valence-electron chi connectivity index (χ2n) is 3.90. The van der Waals surface area contributed by atoms with E-state index >= 15 is 0 Å². The fraction of sp³-hybridized carbons (Fsp3) is 0.0769. The molecule has 0 aliphatic rings. The predicted molar refractivity (Wildman–Crippen MR) is 75.5 cm³/mol. The van der Waals surface area contributed by atoms with Crippen LogP contribution in [0.3, 0.4) is 0 Å². The number of amides is 1. The molecule has 18 heavy (non-hydrogen) atoms. The fourth-order valence-corrected chi connectivity index (χ4v) is 1.87. The molecule has 0 saturated carbocycles. The number of nitrogen functional groups attached to an aromatic ring is 1. The van der Waals surface area contributed by atoms with Crippen LogP contribution in [0.15, 0.2) is 41.1 Å². The van der Waals surface area contributed by atoms with Crippen molar-refractivity contribution >= 4 is 33.2 Å². The Labute approximate surface area is 113 Å². The third-order valence-corrected chi connectivity index (χ3v) is 3.16. The first-order valence-electron chi connectivity index (χ1n) is 5.35. The van der Waals surface area contributed by atoms with Crippen LogP contribution in [-0.2, 0) is 0 Å². The second kappa shape index (κ2) is 5.18. The standard InChI is InChI=1S/C13H12BrN3O/c1-8-2-3-10(14)12(6-8)17-13(18)9-7-16-5-4-11(9)15/h2-7H,1H3,(H2,15,16)(H,17,18). The smallest absolute Gasteiger partial charge is 0.259 e. The summed E-state index contributed by atoms with van der Waals surface area (Å²) in [6, 6.07) is 7.32. The average molecular weight is 306 g/mol. The van der Waals surface area contributed by atoms with E-state index in [9.17, 15) is 4.79 Å². The van der Waals surface area contributed by atoms with E-state index in [1.54, 1.807) is 12.3 Å². The van der Waals surface area contributed by atoms with Crippen LogP contribution in [0.5, 0.6) is 0 Å². The molecule has 1 amide bonds. The summed E-state index contributed by atoms with van der Waals surface area (Å²) in [6.07, 6.45) is 3.00. The molecule has 0 aliphatic carbocycles. The van der Waals surface area contributed by atoms with Crippen LogP contribution in [0.4, 0.5) is 11.4 Å². The minimum atomic E-state index is -0.271. The van der Waals surface area contributed by atoms with Crippen molar-refractivity contribution in [2.45, 2.75) is 6.92 Å². The van der Waals surface area contributed by atoms with Gasteiger partial charge in [-0.2, -0.15) is 0 Å². The third-order valence-electron chi connectivity index (χ3n) is 2.47. The predicted octanol–water partition coefficient (Wildman–Crippen LogP) is 2.99. The maximum Gasteiger partial charge on any atom is 0.259 e. The average Bonchev–Trinajstić information content (AvgIpc) is 2.34. The molecule has 92 valence electrons. The SMILES string of the molecule is Cc1ccc(Br)c(NC(=O)c2cnccc2N)c1. The van der Waals surface area contributed by atoms with Crippen LogP contribution < -0.4 is 11.1 Å². The topological polar surface area (TPSA) is 68.0 Å². The number of carbonyl (C=O) groups excluding carboxylic acids is 1. The number of aryl methyl sites for hydroxylation is 1. The Hall–Kier alpha value is -1.88. The minimum absolute atomic E-state index is 0.271. The van der Waals surface area contributed by atoms with Gasteiger partial charge in [-0.05, 0) is 46.6 Å². The van der Waals surface area contributed by atoms with Crippen molar-refractivity contribution in [1.82, 2.24) is 4.98 Å². The van der Waals surface area contributed by atoms with E-state index in [2.05, 4.69) is 26.2 Å². The van der Waals surface area contributed by atoms with Gasteiger partial charge in [-0.25, -0.2) is 0 Å². The van der Waals surface area contributed by atoms with E-state index in [0.717, 1.165) is 10.0 Å². The summed E-state index contributed by atoms with van der Waals surface area (Å²) < 4.78 is 0.823. The first kappa shape index (κ1) is 12.6. The summed E-state index contributed by atoms with van der Waals surface area (Å²) in [4.78, 5) is 15.9. The molecule has 0 fully saturated rings. The zero-order valence-corrected chi connectivity index (χ0v) is 11.4. The number of anilines is 2. The van der Waals surface area contributed by atoms with Crippen molar-refractivity contribution in [3.63, 3.8) is 0 Å². The van der Waals surface area contributed by atoms with Crippen molar-refractivity contribution in [2.24, 2.45) is 0 Å². The molecule has 0 radical (unpaired) electrons. The number of hydrogen-bond donors (Lipinski definition) is 2. The van der Waals surface area contributed by atoms with Crippen LogP contribution in [-0.4, -0.2) is 10.9 Å². The molecule has 0 saturated heterocycles. The highest BCUT2D eigenvalue weighted by Crippen LogP contribution is 2.24. The number of rotatable bonds is 2. The Morgan fingerprint density at radius 1 is 1.39 bits per heavy atom. The van der Waals surface area contributed by atoms with Gasteiger partial charge in [-0.3, -0.25) is 9.78 Å². The van der Waals surface area contributed by atoms with Gasteiger partial charge >= 0.3 is 0 Å². The molecule has 1 heterocycles. The summed E-state index contributed by atoms with van der Waals surface area (Å²) in [6.45, 7) is 1.96. The Kier molecular flexibility index (Phi) is 3.62. The summed E-state index contributed by atoms with van der Waals surface area (Å²) >= 11 is 3.39. The number of benzene rings is 1. The quantitative estimate of drug-likeness (QED) is 0.896. The molecule has 1 aromatic carbocycles. The van der Waals surface area contributed by atoms with Gasteiger partial charge in [-0.15, -0.1) is 0 Å². The van der Waals surface area contributed by atoms with Crippen LogP contribution in [0.1, 0.15) is 15.9 Å². The van der Waals surface area contributed by atoms with Crippen molar-refractivity contribution in [1.29, 1.82) is 0 Å². The number of nitrogens with two attached hydrogens (primary N) is 1. The van der Waals surface area contributed by atoms with Gasteiger partial charge in [-0.1, -0.05) is 6.07 Å². The van der Waals surface area contributed by atoms with Crippen molar-refractivity contribution in [3.8, 4) is 0 Å². The summed E-state index contributed by atoms with van der Waals surface area (Å²) in [5, 5.41) is 2.80. The highest BCUT2D eigenvalue weighted by atomic mass is 79.9. The molecule has 2 rings (SSSR count). The van der Waals surface area contributed by atoms with Gasteiger partial charge in [0.05, 0.1) is 11.3 Å². The van der Waals surface area contributed by atoms with Gasteiger partial charge in [0.2, 0.25) is 0 Å². The molecular weight excluding hydrogens is 294 g/mol. The molecule has 5 heteroatoms. The van der Waals surface area contributed by atoms with Gasteiger partial charge in [0.25, 0.3) is 5.91 Å². The highest BCUT2D eigenvalue weighted by molar-refractivity contribution is 9.10. The number of hydrogen-bond acceptors (Lipinski definition) is 3. The Morgan fingerprint density at radius 3 is 2.89 bits per heavy atom. The van der Waals surface area contributed by atoms with Gasteiger partial charge < -0.3 is 11.1 Å². The lowest BCUT2D eigenvalue weighted by Crippen LogP contribution is -2.14. The third kappa shape index (κ3) is 2.68. The van der Waals surface area contributed by atoms with Gasteiger partial charge in [0, 0.05) is 22.6 Å². The lowest BCUT2D eigenvalue weighted by atomic mass is 10.2. The van der Waals surface area contributed by atoms with Crippen molar-refractivity contribution in [2.75, 3.05) is 11.1 Å². The molecule has 1 aromatic heterocycles. The molecule has 0 spiro atoms. The van der Waals surface area contributed by atoms with Crippen molar-refractivity contribution in [3.05, 3.63) is 52.3 Å². The minimum Gasteiger partial charge on any atom is -0.398 e. The number of carbonyl (C=O) groups is 1. The number of aromatic nitrogens is 1. The summed E-state index contributed by atoms with van der Waals surface area (Å²) in [7, 11) is 0. The van der Waals surface area contributed by atoms with E-state index in [0.29, 0.717) is 16.9 Å². The van der Waals surface area contributed by atoms with E-state index in [-0.39, 0.29) is 5.91 Å². The fourth-order valence-electron chi connectivity index (χ4n) is 1.52. The zero-order valence-electron chi connectivity index (χ0n) is 9.77. The largest absolute Gasteiger partial charge is 0.398 e. The molecule has 0 aliphatic heterocycles. The van der Waals surface area contributed by atoms with Crippen LogP contribution >= 0.6 is 15.9 Å². The lowest BCUT2D eigenvalue weighted by Gasteiger charge is -2.09. The van der Waals surface area contributed by atoms with E-state index in [1.807, 2.05) is 25.1 Å². The number of nitrogens with zero attached hydrogens (tertiary/aromatic N) is 1. The van der Waals surface area contributed by atoms with Crippen LogP contribution in [0.25, 0.3) is 0 Å². The van der Waals surface area contributed by atoms with Crippen LogP contribution in [0.2, 0.25) is 0 Å².